The fraction of sp³-hybridized carbons (Fsp3) is 0.158. The van der Waals surface area contributed by atoms with Gasteiger partial charge >= 0.3 is 5.97 Å². The van der Waals surface area contributed by atoms with Gasteiger partial charge in [0.05, 0.1) is 23.2 Å². The largest absolute Gasteiger partial charge is 0.481 e. The van der Waals surface area contributed by atoms with Crippen LogP contribution in [0.1, 0.15) is 18.1 Å². The fourth-order valence-electron chi connectivity index (χ4n) is 2.17. The van der Waals surface area contributed by atoms with Crippen molar-refractivity contribution in [3.8, 4) is 11.8 Å². The van der Waals surface area contributed by atoms with Crippen LogP contribution in [0.2, 0.25) is 0 Å². The quantitative estimate of drug-likeness (QED) is 0.248. The number of carbonyl (C=O) groups excluding carboxylic acids is 1. The van der Waals surface area contributed by atoms with Crippen LogP contribution in [-0.2, 0) is 9.53 Å². The average molecular weight is 352 g/mol. The molecular weight excluding hydrogens is 336 g/mol. The fourth-order valence-corrected chi connectivity index (χ4v) is 2.17. The molecule has 2 aromatic carbocycles. The van der Waals surface area contributed by atoms with E-state index in [0.717, 1.165) is 0 Å². The third-order valence-corrected chi connectivity index (χ3v) is 3.38. The molecule has 2 aromatic rings. The summed E-state index contributed by atoms with van der Waals surface area (Å²) in [7, 11) is 0. The first-order chi connectivity index (χ1) is 12.5. The van der Waals surface area contributed by atoms with Crippen LogP contribution in [0.5, 0.6) is 5.75 Å². The number of hydrogen-bond donors (Lipinski definition) is 0. The van der Waals surface area contributed by atoms with Gasteiger partial charge in [-0.3, -0.25) is 10.1 Å². The molecule has 2 rings (SSSR count). The van der Waals surface area contributed by atoms with Crippen LogP contribution in [0.4, 0.5) is 5.69 Å². The van der Waals surface area contributed by atoms with Gasteiger partial charge < -0.3 is 9.47 Å². The van der Waals surface area contributed by atoms with Crippen molar-refractivity contribution in [3.63, 3.8) is 0 Å². The number of hydrogen-bond acceptors (Lipinski definition) is 6. The maximum absolute atomic E-state index is 11.4. The summed E-state index contributed by atoms with van der Waals surface area (Å²) in [6.45, 7) is 1.73. The Morgan fingerprint density at radius 1 is 1.23 bits per heavy atom. The molecule has 0 fully saturated rings. The van der Waals surface area contributed by atoms with Crippen LogP contribution in [0.15, 0.2) is 48.5 Å². The Balaban J connectivity index is 2.27. The summed E-state index contributed by atoms with van der Waals surface area (Å²) in [4.78, 5) is 21.7. The smallest absolute Gasteiger partial charge is 0.344 e. The minimum absolute atomic E-state index is 0.0517. The van der Waals surface area contributed by atoms with E-state index < -0.39 is 10.9 Å². The van der Waals surface area contributed by atoms with Crippen molar-refractivity contribution in [2.24, 2.45) is 0 Å². The lowest BCUT2D eigenvalue weighted by molar-refractivity contribution is -0.384. The second-order valence-electron chi connectivity index (χ2n) is 5.11. The van der Waals surface area contributed by atoms with E-state index in [2.05, 4.69) is 6.07 Å². The number of esters is 1. The first-order valence-electron chi connectivity index (χ1n) is 7.79. The zero-order valence-electron chi connectivity index (χ0n) is 14.0. The summed E-state index contributed by atoms with van der Waals surface area (Å²) >= 11 is 0. The van der Waals surface area contributed by atoms with Crippen molar-refractivity contribution in [1.29, 1.82) is 5.26 Å². The molecule has 0 aliphatic heterocycles. The van der Waals surface area contributed by atoms with E-state index >= 15 is 0 Å². The minimum atomic E-state index is -0.502. The monoisotopic (exact) mass is 352 g/mol. The maximum atomic E-state index is 11.4. The van der Waals surface area contributed by atoms with Crippen molar-refractivity contribution in [3.05, 3.63) is 69.8 Å². The van der Waals surface area contributed by atoms with E-state index in [1.165, 1.54) is 24.3 Å². The van der Waals surface area contributed by atoms with Crippen LogP contribution in [0, 0.1) is 21.4 Å². The number of benzene rings is 2. The molecule has 0 spiro atoms. The molecule has 0 bridgehead atoms. The van der Waals surface area contributed by atoms with Gasteiger partial charge in [0.1, 0.15) is 5.75 Å². The number of ether oxygens (including phenoxy) is 2. The molecule has 26 heavy (non-hydrogen) atoms. The highest BCUT2D eigenvalue weighted by molar-refractivity contribution is 5.90. The number of nitriles is 1. The Morgan fingerprint density at radius 3 is 2.54 bits per heavy atom. The lowest BCUT2D eigenvalue weighted by Gasteiger charge is -2.09. The molecule has 0 saturated carbocycles. The topological polar surface area (TPSA) is 102 Å². The Labute approximate surface area is 150 Å². The predicted molar refractivity (Wildman–Crippen MR) is 95.2 cm³/mol. The van der Waals surface area contributed by atoms with Gasteiger partial charge in [0.2, 0.25) is 0 Å². The van der Waals surface area contributed by atoms with Crippen LogP contribution in [0.3, 0.4) is 0 Å². The van der Waals surface area contributed by atoms with Crippen molar-refractivity contribution < 1.29 is 19.2 Å². The van der Waals surface area contributed by atoms with Gasteiger partial charge in [-0.05, 0) is 36.8 Å². The Kier molecular flexibility index (Phi) is 6.46. The summed E-state index contributed by atoms with van der Waals surface area (Å²) in [5.41, 5.74) is 1.40. The second-order valence-corrected chi connectivity index (χ2v) is 5.11. The molecule has 0 heterocycles. The van der Waals surface area contributed by atoms with Gasteiger partial charge in [-0.1, -0.05) is 18.2 Å². The summed E-state index contributed by atoms with van der Waals surface area (Å²) in [5, 5.41) is 20.2. The molecule has 0 amide bonds. The molecule has 0 radical (unpaired) electrons. The van der Waals surface area contributed by atoms with Crippen LogP contribution < -0.4 is 4.74 Å². The van der Waals surface area contributed by atoms with Crippen molar-refractivity contribution >= 4 is 23.3 Å². The van der Waals surface area contributed by atoms with Crippen molar-refractivity contribution in [1.82, 2.24) is 0 Å². The summed E-state index contributed by atoms with van der Waals surface area (Å²) in [5.74, 6) is -0.0580. The summed E-state index contributed by atoms with van der Waals surface area (Å²) in [6.07, 6.45) is 1.60. The third-order valence-electron chi connectivity index (χ3n) is 3.38. The summed E-state index contributed by atoms with van der Waals surface area (Å²) < 4.78 is 10.3. The van der Waals surface area contributed by atoms with Crippen molar-refractivity contribution in [2.75, 3.05) is 13.2 Å². The highest BCUT2D eigenvalue weighted by Crippen LogP contribution is 2.25. The molecule has 0 N–H and O–H groups in total. The normalized spacial score (nSPS) is 10.7. The molecule has 132 valence electrons. The molecule has 0 aromatic heterocycles. The molecule has 0 saturated heterocycles. The van der Waals surface area contributed by atoms with E-state index in [-0.39, 0.29) is 18.9 Å². The molecule has 0 aliphatic rings. The summed E-state index contributed by atoms with van der Waals surface area (Å²) in [6, 6.07) is 14.7. The number of nitro groups is 1. The standard InChI is InChI=1S/C19H16N2O5/c1-2-25-19(22)13-26-18-6-4-3-5-15(18)11-16(12-20)14-7-9-17(10-8-14)21(23)24/h3-11H,2,13H2,1H3. The van der Waals surface area contributed by atoms with E-state index in [9.17, 15) is 20.2 Å². The lowest BCUT2D eigenvalue weighted by Crippen LogP contribution is -2.14. The van der Waals surface area contributed by atoms with Crippen molar-refractivity contribution in [2.45, 2.75) is 6.92 Å². The van der Waals surface area contributed by atoms with E-state index in [4.69, 9.17) is 9.47 Å². The van der Waals surface area contributed by atoms with Gasteiger partial charge in [0.25, 0.3) is 5.69 Å². The van der Waals surface area contributed by atoms with Gasteiger partial charge in [-0.25, -0.2) is 4.79 Å². The zero-order chi connectivity index (χ0) is 18.9. The molecule has 0 unspecified atom stereocenters. The highest BCUT2D eigenvalue weighted by Gasteiger charge is 2.10. The number of nitrogens with zero attached hydrogens (tertiary/aromatic N) is 2. The number of allylic oxidation sites excluding steroid dienone is 1. The predicted octanol–water partition coefficient (Wildman–Crippen LogP) is 3.60. The van der Waals surface area contributed by atoms with Crippen LogP contribution in [0.25, 0.3) is 11.6 Å². The van der Waals surface area contributed by atoms with Gasteiger partial charge in [-0.15, -0.1) is 0 Å². The number of para-hydroxylation sites is 1. The Hall–Kier alpha value is -3.66. The average Bonchev–Trinajstić information content (AvgIpc) is 2.65. The first-order valence-corrected chi connectivity index (χ1v) is 7.79. The number of carbonyl (C=O) groups is 1. The highest BCUT2D eigenvalue weighted by atomic mass is 16.6. The maximum Gasteiger partial charge on any atom is 0.344 e. The number of non-ortho nitro benzene ring substituents is 1. The third kappa shape index (κ3) is 4.92. The Morgan fingerprint density at radius 2 is 1.92 bits per heavy atom. The SMILES string of the molecule is CCOC(=O)COc1ccccc1C=C(C#N)c1ccc([N+](=O)[O-])cc1. The first kappa shape index (κ1) is 18.7. The minimum Gasteiger partial charge on any atom is -0.481 e. The zero-order valence-corrected chi connectivity index (χ0v) is 14.0. The van der Waals surface area contributed by atoms with E-state index in [0.29, 0.717) is 22.4 Å². The molecule has 0 aliphatic carbocycles. The van der Waals surface area contributed by atoms with E-state index in [1.54, 1.807) is 37.3 Å². The van der Waals surface area contributed by atoms with Gasteiger partial charge in [-0.2, -0.15) is 5.26 Å². The molecule has 7 heteroatoms. The van der Waals surface area contributed by atoms with Gasteiger partial charge in [0.15, 0.2) is 6.61 Å². The van der Waals surface area contributed by atoms with Crippen LogP contribution in [-0.4, -0.2) is 24.1 Å². The lowest BCUT2D eigenvalue weighted by atomic mass is 10.0. The second kappa shape index (κ2) is 8.99. The Bertz CT molecular complexity index is 866. The molecular formula is C19H16N2O5. The van der Waals surface area contributed by atoms with Gasteiger partial charge in [0, 0.05) is 17.7 Å². The van der Waals surface area contributed by atoms with E-state index in [1.807, 2.05) is 0 Å². The van der Waals surface area contributed by atoms with Crippen LogP contribution >= 0.6 is 0 Å². The molecule has 0 atom stereocenters. The number of nitro benzene ring substituents is 1. The molecule has 7 nitrogen and oxygen atoms in total. The number of rotatable bonds is 7.